The fourth-order valence-electron chi connectivity index (χ4n) is 3.58. The van der Waals surface area contributed by atoms with Gasteiger partial charge in [0.2, 0.25) is 16.0 Å². The summed E-state index contributed by atoms with van der Waals surface area (Å²) in [5.41, 5.74) is 6.91. The molecule has 2 aliphatic rings. The number of aliphatic imine (C=N–C) groups is 1. The van der Waals surface area contributed by atoms with Crippen LogP contribution in [0.2, 0.25) is 5.02 Å². The molecule has 144 valence electrons. The van der Waals surface area contributed by atoms with Crippen molar-refractivity contribution in [2.75, 3.05) is 20.3 Å². The van der Waals surface area contributed by atoms with Crippen molar-refractivity contribution in [2.45, 2.75) is 24.1 Å². The molecule has 1 unspecified atom stereocenters. The summed E-state index contributed by atoms with van der Waals surface area (Å²) in [5.74, 6) is -0.0311. The van der Waals surface area contributed by atoms with Crippen molar-refractivity contribution >= 4 is 38.9 Å². The van der Waals surface area contributed by atoms with E-state index in [0.717, 1.165) is 20.3 Å². The largest absolute Gasteiger partial charge is 0.380 e. The Kier molecular flexibility index (Phi) is 4.45. The predicted octanol–water partition coefficient (Wildman–Crippen LogP) is 2.35. The summed E-state index contributed by atoms with van der Waals surface area (Å²) in [7, 11) is -2.30. The lowest BCUT2D eigenvalue weighted by atomic mass is 9.88. The van der Waals surface area contributed by atoms with Crippen LogP contribution in [0.25, 0.3) is 10.4 Å². The van der Waals surface area contributed by atoms with E-state index in [1.807, 2.05) is 19.1 Å². The van der Waals surface area contributed by atoms with Gasteiger partial charge in [0.05, 0.1) is 16.5 Å². The molecule has 2 atom stereocenters. The smallest absolute Gasteiger partial charge is 0.245 e. The number of nitrogens with zero attached hydrogens (tertiary/aromatic N) is 3. The standard InChI is InChI=1S/C17H19ClN4O3S2/c1-10-5-11(8-20-7-10)13-6-12(18)15(26-13)17-3-4-25-9-14(17)27(23,24)22(2)16(19)21-17/h5-8,14H,3-4,9H2,1-2H3,(H2,19,21)/t14?,17-/m0/s1. The van der Waals surface area contributed by atoms with Gasteiger partial charge in [0, 0.05) is 42.9 Å². The minimum Gasteiger partial charge on any atom is -0.380 e. The van der Waals surface area contributed by atoms with Crippen molar-refractivity contribution in [2.24, 2.45) is 10.7 Å². The molecule has 1 saturated heterocycles. The van der Waals surface area contributed by atoms with E-state index in [4.69, 9.17) is 22.1 Å². The second kappa shape index (κ2) is 6.44. The number of sulfonamides is 1. The molecule has 4 heterocycles. The monoisotopic (exact) mass is 426 g/mol. The van der Waals surface area contributed by atoms with Gasteiger partial charge in [-0.2, -0.15) is 0 Å². The van der Waals surface area contributed by atoms with Crippen LogP contribution in [0.5, 0.6) is 0 Å². The zero-order valence-electron chi connectivity index (χ0n) is 14.8. The van der Waals surface area contributed by atoms with Gasteiger partial charge in [0.1, 0.15) is 10.8 Å². The molecule has 2 aromatic rings. The molecule has 2 N–H and O–H groups in total. The SMILES string of the molecule is Cc1cncc(-c2cc(Cl)c([C@]34CCOCC3S(=O)(=O)N(C)C(N)=N4)s2)c1. The first-order valence-corrected chi connectivity index (χ1v) is 11.1. The Labute approximate surface area is 166 Å². The highest BCUT2D eigenvalue weighted by Crippen LogP contribution is 2.50. The van der Waals surface area contributed by atoms with Gasteiger partial charge in [-0.1, -0.05) is 11.6 Å². The number of fused-ring (bicyclic) bond motifs is 1. The molecule has 4 rings (SSSR count). The van der Waals surface area contributed by atoms with Crippen molar-refractivity contribution in [1.29, 1.82) is 0 Å². The molecule has 10 heteroatoms. The average molecular weight is 427 g/mol. The van der Waals surface area contributed by atoms with Crippen LogP contribution in [0.15, 0.2) is 29.5 Å². The van der Waals surface area contributed by atoms with E-state index >= 15 is 0 Å². The fourth-order valence-corrected chi connectivity index (χ4v) is 7.09. The van der Waals surface area contributed by atoms with E-state index < -0.39 is 20.8 Å². The molecule has 2 aromatic heterocycles. The van der Waals surface area contributed by atoms with E-state index in [2.05, 4.69) is 9.98 Å². The number of guanidine groups is 1. The third-order valence-electron chi connectivity index (χ3n) is 5.05. The highest BCUT2D eigenvalue weighted by molar-refractivity contribution is 7.90. The van der Waals surface area contributed by atoms with Gasteiger partial charge in [-0.15, -0.1) is 11.3 Å². The molecule has 2 aliphatic heterocycles. The van der Waals surface area contributed by atoms with Gasteiger partial charge >= 0.3 is 0 Å². The van der Waals surface area contributed by atoms with Gasteiger partial charge in [0.25, 0.3) is 0 Å². The molecular weight excluding hydrogens is 408 g/mol. The van der Waals surface area contributed by atoms with Crippen LogP contribution < -0.4 is 5.73 Å². The molecule has 0 amide bonds. The number of ether oxygens (including phenoxy) is 1. The number of aryl methyl sites for hydroxylation is 1. The van der Waals surface area contributed by atoms with Crippen molar-refractivity contribution in [3.8, 4) is 10.4 Å². The van der Waals surface area contributed by atoms with Crippen LogP contribution in [0, 0.1) is 6.92 Å². The number of thiophene rings is 1. The minimum atomic E-state index is -3.71. The summed E-state index contributed by atoms with van der Waals surface area (Å²) in [6.07, 6.45) is 3.94. The number of pyridine rings is 1. The summed E-state index contributed by atoms with van der Waals surface area (Å²) >= 11 is 8.03. The maximum absolute atomic E-state index is 13.0. The van der Waals surface area contributed by atoms with Crippen LogP contribution in [0.1, 0.15) is 16.9 Å². The summed E-state index contributed by atoms with van der Waals surface area (Å²) in [5, 5.41) is -0.379. The number of halogens is 1. The number of hydrogen-bond acceptors (Lipinski definition) is 7. The third kappa shape index (κ3) is 2.84. The lowest BCUT2D eigenvalue weighted by molar-refractivity contribution is 0.0545. The van der Waals surface area contributed by atoms with Crippen LogP contribution in [-0.2, 0) is 20.3 Å². The molecule has 0 aromatic carbocycles. The number of hydrogen-bond donors (Lipinski definition) is 1. The summed E-state index contributed by atoms with van der Waals surface area (Å²) < 4.78 is 32.5. The quantitative estimate of drug-likeness (QED) is 0.794. The minimum absolute atomic E-state index is 0.0311. The highest BCUT2D eigenvalue weighted by atomic mass is 35.5. The third-order valence-corrected chi connectivity index (χ3v) is 9.00. The lowest BCUT2D eigenvalue weighted by Crippen LogP contribution is -2.60. The molecular formula is C17H19ClN4O3S2. The van der Waals surface area contributed by atoms with Gasteiger partial charge in [-0.25, -0.2) is 17.7 Å². The van der Waals surface area contributed by atoms with Gasteiger partial charge < -0.3 is 10.5 Å². The first-order chi connectivity index (χ1) is 12.8. The summed E-state index contributed by atoms with van der Waals surface area (Å²) in [6.45, 7) is 2.41. The maximum atomic E-state index is 13.0. The van der Waals surface area contributed by atoms with Crippen LogP contribution in [0.3, 0.4) is 0 Å². The summed E-state index contributed by atoms with van der Waals surface area (Å²) in [6, 6.07) is 3.86. The molecule has 0 aliphatic carbocycles. The maximum Gasteiger partial charge on any atom is 0.245 e. The molecule has 27 heavy (non-hydrogen) atoms. The molecule has 0 radical (unpaired) electrons. The Morgan fingerprint density at radius 1 is 1.41 bits per heavy atom. The fraction of sp³-hybridized carbons (Fsp3) is 0.412. The van der Waals surface area contributed by atoms with E-state index in [-0.39, 0.29) is 12.6 Å². The summed E-state index contributed by atoms with van der Waals surface area (Å²) in [4.78, 5) is 10.5. The van der Waals surface area contributed by atoms with E-state index in [1.165, 1.54) is 18.4 Å². The van der Waals surface area contributed by atoms with Crippen molar-refractivity contribution in [3.63, 3.8) is 0 Å². The number of rotatable bonds is 2. The second-order valence-corrected chi connectivity index (χ2v) is 10.4. The molecule has 0 saturated carbocycles. The van der Waals surface area contributed by atoms with Crippen LogP contribution >= 0.6 is 22.9 Å². The van der Waals surface area contributed by atoms with Crippen LogP contribution in [-0.4, -0.2) is 49.2 Å². The Bertz CT molecular complexity index is 1040. The molecule has 0 bridgehead atoms. The topological polar surface area (TPSA) is 97.9 Å². The Balaban J connectivity index is 1.91. The lowest BCUT2D eigenvalue weighted by Gasteiger charge is -2.45. The van der Waals surface area contributed by atoms with Gasteiger partial charge in [0.15, 0.2) is 0 Å². The molecule has 7 nitrogen and oxygen atoms in total. The zero-order valence-corrected chi connectivity index (χ0v) is 17.2. The predicted molar refractivity (Wildman–Crippen MR) is 107 cm³/mol. The van der Waals surface area contributed by atoms with Crippen LogP contribution in [0.4, 0.5) is 0 Å². The van der Waals surface area contributed by atoms with E-state index in [0.29, 0.717) is 22.9 Å². The van der Waals surface area contributed by atoms with E-state index in [1.54, 1.807) is 12.4 Å². The second-order valence-electron chi connectivity index (χ2n) is 6.76. The van der Waals surface area contributed by atoms with E-state index in [9.17, 15) is 8.42 Å². The number of nitrogens with two attached hydrogens (primary N) is 1. The Hall–Kier alpha value is -1.68. The van der Waals surface area contributed by atoms with Gasteiger partial charge in [-0.05, 0) is 24.6 Å². The highest BCUT2D eigenvalue weighted by Gasteiger charge is 2.56. The normalized spacial score (nSPS) is 27.1. The average Bonchev–Trinajstić information content (AvgIpc) is 3.03. The Morgan fingerprint density at radius 2 is 2.19 bits per heavy atom. The first kappa shape index (κ1) is 18.7. The molecule has 0 spiro atoms. The zero-order chi connectivity index (χ0) is 19.4. The molecule has 1 fully saturated rings. The Morgan fingerprint density at radius 3 is 2.93 bits per heavy atom. The van der Waals surface area contributed by atoms with Crippen molar-refractivity contribution in [1.82, 2.24) is 9.29 Å². The van der Waals surface area contributed by atoms with Gasteiger partial charge in [-0.3, -0.25) is 4.98 Å². The van der Waals surface area contributed by atoms with Crippen molar-refractivity contribution in [3.05, 3.63) is 40.0 Å². The number of aromatic nitrogens is 1. The van der Waals surface area contributed by atoms with Crippen molar-refractivity contribution < 1.29 is 13.2 Å². The first-order valence-electron chi connectivity index (χ1n) is 8.38.